The van der Waals surface area contributed by atoms with Crippen molar-refractivity contribution in [2.24, 2.45) is 0 Å². The fraction of sp³-hybridized carbons (Fsp3) is 0.500. The van der Waals surface area contributed by atoms with Gasteiger partial charge in [-0.3, -0.25) is 4.98 Å². The lowest BCUT2D eigenvalue weighted by molar-refractivity contribution is 0.372. The van der Waals surface area contributed by atoms with Crippen LogP contribution >= 0.6 is 0 Å². The predicted octanol–water partition coefficient (Wildman–Crippen LogP) is 4.27. The molecular weight excluding hydrogens is 244 g/mol. The third-order valence-electron chi connectivity index (χ3n) is 4.69. The lowest BCUT2D eigenvalue weighted by atomic mass is 9.94. The molecule has 2 aromatic rings. The lowest BCUT2D eigenvalue weighted by Gasteiger charge is -2.24. The summed E-state index contributed by atoms with van der Waals surface area (Å²) in [5, 5.41) is 5.07. The van der Waals surface area contributed by atoms with Gasteiger partial charge in [-0.05, 0) is 43.9 Å². The largest absolute Gasteiger partial charge is 0.310 e. The summed E-state index contributed by atoms with van der Waals surface area (Å²) in [5.74, 6) is 0. The van der Waals surface area contributed by atoms with Crippen molar-refractivity contribution in [3.8, 4) is 0 Å². The quantitative estimate of drug-likeness (QED) is 0.899. The van der Waals surface area contributed by atoms with Gasteiger partial charge in [0.15, 0.2) is 0 Å². The van der Waals surface area contributed by atoms with Crippen molar-refractivity contribution in [2.45, 2.75) is 58.5 Å². The number of benzene rings is 1. The van der Waals surface area contributed by atoms with Crippen molar-refractivity contribution < 1.29 is 0 Å². The Bertz CT molecular complexity index is 598. The summed E-state index contributed by atoms with van der Waals surface area (Å²) in [4.78, 5) is 4.70. The summed E-state index contributed by atoms with van der Waals surface area (Å²) in [6.45, 7) is 5.29. The molecule has 0 atom stereocenters. The highest BCUT2D eigenvalue weighted by Gasteiger charge is 2.14. The van der Waals surface area contributed by atoms with Crippen LogP contribution in [0.25, 0.3) is 10.9 Å². The summed E-state index contributed by atoms with van der Waals surface area (Å²) in [6.07, 6.45) is 6.84. The van der Waals surface area contributed by atoms with E-state index >= 15 is 0 Å². The fourth-order valence-corrected chi connectivity index (χ4v) is 3.29. The van der Waals surface area contributed by atoms with Gasteiger partial charge in [-0.1, -0.05) is 37.5 Å². The van der Waals surface area contributed by atoms with Gasteiger partial charge in [0.05, 0.1) is 5.52 Å². The highest BCUT2D eigenvalue weighted by molar-refractivity contribution is 5.83. The van der Waals surface area contributed by atoms with Gasteiger partial charge in [-0.25, -0.2) is 0 Å². The molecule has 3 rings (SSSR count). The van der Waals surface area contributed by atoms with E-state index in [1.807, 2.05) is 0 Å². The molecule has 0 unspecified atom stereocenters. The van der Waals surface area contributed by atoms with Gasteiger partial charge in [0.25, 0.3) is 0 Å². The van der Waals surface area contributed by atoms with Crippen LogP contribution in [0.2, 0.25) is 0 Å². The Balaban J connectivity index is 1.87. The third-order valence-corrected chi connectivity index (χ3v) is 4.69. The first-order valence-electron chi connectivity index (χ1n) is 7.84. The smallest absolute Gasteiger partial charge is 0.0708 e. The number of para-hydroxylation sites is 1. The SMILES string of the molecule is Cc1nc2ccccc2c(CNC2CCCCC2)c1C. The Hall–Kier alpha value is -1.41. The highest BCUT2D eigenvalue weighted by Crippen LogP contribution is 2.24. The molecule has 0 saturated heterocycles. The van der Waals surface area contributed by atoms with Crippen LogP contribution in [0.4, 0.5) is 0 Å². The molecule has 1 aromatic heterocycles. The number of nitrogens with one attached hydrogen (secondary N) is 1. The molecule has 2 nitrogen and oxygen atoms in total. The Kier molecular flexibility index (Phi) is 4.02. The van der Waals surface area contributed by atoms with E-state index in [2.05, 4.69) is 43.4 Å². The second-order valence-electron chi connectivity index (χ2n) is 6.03. The average molecular weight is 268 g/mol. The minimum Gasteiger partial charge on any atom is -0.310 e. The van der Waals surface area contributed by atoms with Gasteiger partial charge in [0.2, 0.25) is 0 Å². The molecule has 0 radical (unpaired) electrons. The Morgan fingerprint density at radius 2 is 1.85 bits per heavy atom. The molecular formula is C18H24N2. The van der Waals surface area contributed by atoms with Crippen LogP contribution in [0, 0.1) is 13.8 Å². The van der Waals surface area contributed by atoms with Crippen molar-refractivity contribution in [3.63, 3.8) is 0 Å². The van der Waals surface area contributed by atoms with Gasteiger partial charge in [0, 0.05) is 23.7 Å². The molecule has 1 aromatic carbocycles. The van der Waals surface area contributed by atoms with Crippen LogP contribution in [-0.2, 0) is 6.54 Å². The van der Waals surface area contributed by atoms with Crippen molar-refractivity contribution in [2.75, 3.05) is 0 Å². The maximum absolute atomic E-state index is 4.70. The molecule has 0 amide bonds. The molecule has 1 fully saturated rings. The van der Waals surface area contributed by atoms with Gasteiger partial charge in [0.1, 0.15) is 0 Å². The molecule has 1 aliphatic rings. The molecule has 20 heavy (non-hydrogen) atoms. The summed E-state index contributed by atoms with van der Waals surface area (Å²) in [7, 11) is 0. The summed E-state index contributed by atoms with van der Waals surface area (Å²) in [6, 6.07) is 9.21. The Labute approximate surface area is 121 Å². The molecule has 1 saturated carbocycles. The maximum Gasteiger partial charge on any atom is 0.0708 e. The Morgan fingerprint density at radius 1 is 1.10 bits per heavy atom. The van der Waals surface area contributed by atoms with Crippen LogP contribution in [0.15, 0.2) is 24.3 Å². The number of rotatable bonds is 3. The van der Waals surface area contributed by atoms with E-state index in [1.54, 1.807) is 0 Å². The molecule has 106 valence electrons. The van der Waals surface area contributed by atoms with Gasteiger partial charge < -0.3 is 5.32 Å². The van der Waals surface area contributed by atoms with Crippen LogP contribution in [0.1, 0.15) is 48.9 Å². The number of aryl methyl sites for hydroxylation is 1. The first kappa shape index (κ1) is 13.6. The second-order valence-corrected chi connectivity index (χ2v) is 6.03. The highest BCUT2D eigenvalue weighted by atomic mass is 14.9. The van der Waals surface area contributed by atoms with Crippen molar-refractivity contribution in [3.05, 3.63) is 41.1 Å². The lowest BCUT2D eigenvalue weighted by Crippen LogP contribution is -2.30. The maximum atomic E-state index is 4.70. The first-order chi connectivity index (χ1) is 9.75. The van der Waals surface area contributed by atoms with Crippen LogP contribution in [0.3, 0.4) is 0 Å². The normalized spacial score (nSPS) is 16.7. The topological polar surface area (TPSA) is 24.9 Å². The minimum absolute atomic E-state index is 0.704. The monoisotopic (exact) mass is 268 g/mol. The standard InChI is InChI=1S/C18H24N2/c1-13-14(2)20-18-11-7-6-10-16(18)17(13)12-19-15-8-4-3-5-9-15/h6-7,10-11,15,19H,3-5,8-9,12H2,1-2H3. The number of nitrogens with zero attached hydrogens (tertiary/aromatic N) is 1. The van der Waals surface area contributed by atoms with Crippen molar-refractivity contribution >= 4 is 10.9 Å². The zero-order chi connectivity index (χ0) is 13.9. The zero-order valence-electron chi connectivity index (χ0n) is 12.6. The molecule has 2 heteroatoms. The van der Waals surface area contributed by atoms with E-state index in [-0.39, 0.29) is 0 Å². The molecule has 1 heterocycles. The summed E-state index contributed by atoms with van der Waals surface area (Å²) < 4.78 is 0. The number of fused-ring (bicyclic) bond motifs is 1. The molecule has 1 aliphatic carbocycles. The van der Waals surface area contributed by atoms with Crippen molar-refractivity contribution in [1.29, 1.82) is 0 Å². The van der Waals surface area contributed by atoms with Gasteiger partial charge in [-0.15, -0.1) is 0 Å². The first-order valence-corrected chi connectivity index (χ1v) is 7.84. The number of aromatic nitrogens is 1. The molecule has 0 bridgehead atoms. The summed E-state index contributed by atoms with van der Waals surface area (Å²) >= 11 is 0. The van der Waals surface area contributed by atoms with E-state index in [0.29, 0.717) is 6.04 Å². The van der Waals surface area contributed by atoms with E-state index in [9.17, 15) is 0 Å². The van der Waals surface area contributed by atoms with Crippen LogP contribution in [0.5, 0.6) is 0 Å². The average Bonchev–Trinajstić information content (AvgIpc) is 2.49. The summed E-state index contributed by atoms with van der Waals surface area (Å²) in [5.41, 5.74) is 5.05. The number of hydrogen-bond acceptors (Lipinski definition) is 2. The Morgan fingerprint density at radius 3 is 2.65 bits per heavy atom. The van der Waals surface area contributed by atoms with Crippen LogP contribution in [-0.4, -0.2) is 11.0 Å². The second kappa shape index (κ2) is 5.92. The molecule has 1 N–H and O–H groups in total. The molecule has 0 aliphatic heterocycles. The van der Waals surface area contributed by atoms with Gasteiger partial charge >= 0.3 is 0 Å². The minimum atomic E-state index is 0.704. The van der Waals surface area contributed by atoms with Gasteiger partial charge in [-0.2, -0.15) is 0 Å². The molecule has 0 spiro atoms. The van der Waals surface area contributed by atoms with E-state index in [1.165, 1.54) is 48.6 Å². The van der Waals surface area contributed by atoms with Crippen molar-refractivity contribution in [1.82, 2.24) is 10.3 Å². The van der Waals surface area contributed by atoms with Crippen LogP contribution < -0.4 is 5.32 Å². The van der Waals surface area contributed by atoms with E-state index in [0.717, 1.165) is 17.8 Å². The van der Waals surface area contributed by atoms with E-state index in [4.69, 9.17) is 4.98 Å². The fourth-order valence-electron chi connectivity index (χ4n) is 3.29. The third kappa shape index (κ3) is 2.71. The number of pyridine rings is 1. The predicted molar refractivity (Wildman–Crippen MR) is 84.9 cm³/mol. The zero-order valence-corrected chi connectivity index (χ0v) is 12.6. The number of hydrogen-bond donors (Lipinski definition) is 1. The van der Waals surface area contributed by atoms with E-state index < -0.39 is 0 Å².